The lowest BCUT2D eigenvalue weighted by atomic mass is 9.75. The minimum absolute atomic E-state index is 0.0122. The van der Waals surface area contributed by atoms with Crippen LogP contribution < -0.4 is 11.1 Å². The number of amides is 1. The Kier molecular flexibility index (Phi) is 4.72. The van der Waals surface area contributed by atoms with E-state index in [1.165, 1.54) is 0 Å². The second kappa shape index (κ2) is 6.00. The van der Waals surface area contributed by atoms with E-state index in [1.54, 1.807) is 0 Å². The van der Waals surface area contributed by atoms with Gasteiger partial charge >= 0.3 is 0 Å². The highest BCUT2D eigenvalue weighted by molar-refractivity contribution is 5.77. The van der Waals surface area contributed by atoms with Gasteiger partial charge in [0.25, 0.3) is 0 Å². The fraction of sp³-hybridized carbons (Fsp3) is 0.933. The zero-order chi connectivity index (χ0) is 14.8. The molecule has 0 atom stereocenters. The van der Waals surface area contributed by atoms with E-state index in [1.807, 2.05) is 0 Å². The average Bonchev–Trinajstić information content (AvgIpc) is 2.35. The van der Waals surface area contributed by atoms with Crippen molar-refractivity contribution in [2.45, 2.75) is 50.6 Å². The molecule has 1 saturated carbocycles. The lowest BCUT2D eigenvalue weighted by molar-refractivity contribution is -0.123. The molecule has 20 heavy (non-hydrogen) atoms. The number of rotatable bonds is 5. The molecule has 0 bridgehead atoms. The van der Waals surface area contributed by atoms with Gasteiger partial charge in [0.05, 0.1) is 0 Å². The van der Waals surface area contributed by atoms with Crippen LogP contribution in [0.2, 0.25) is 0 Å². The maximum Gasteiger partial charge on any atom is 0.221 e. The quantitative estimate of drug-likeness (QED) is 0.766. The van der Waals surface area contributed by atoms with Crippen molar-refractivity contribution in [3.63, 3.8) is 0 Å². The van der Waals surface area contributed by atoms with Crippen LogP contribution >= 0.6 is 0 Å². The van der Waals surface area contributed by atoms with Gasteiger partial charge in [-0.15, -0.1) is 0 Å². The van der Waals surface area contributed by atoms with Gasteiger partial charge in [-0.2, -0.15) is 0 Å². The zero-order valence-corrected chi connectivity index (χ0v) is 13.2. The van der Waals surface area contributed by atoms with Crippen molar-refractivity contribution >= 4 is 5.91 Å². The summed E-state index contributed by atoms with van der Waals surface area (Å²) in [5.41, 5.74) is 5.92. The molecular formula is C15H30N4O. The summed E-state index contributed by atoms with van der Waals surface area (Å²) in [5, 5.41) is 3.08. The maximum absolute atomic E-state index is 12.0. The van der Waals surface area contributed by atoms with Crippen molar-refractivity contribution in [2.75, 3.05) is 39.8 Å². The molecule has 1 aliphatic carbocycles. The van der Waals surface area contributed by atoms with E-state index in [0.717, 1.165) is 45.4 Å². The van der Waals surface area contributed by atoms with Gasteiger partial charge in [-0.25, -0.2) is 0 Å². The molecule has 0 aromatic rings. The van der Waals surface area contributed by atoms with E-state index in [9.17, 15) is 4.79 Å². The highest BCUT2D eigenvalue weighted by Gasteiger charge is 2.35. The first-order chi connectivity index (χ1) is 9.31. The Morgan fingerprint density at radius 1 is 1.25 bits per heavy atom. The summed E-state index contributed by atoms with van der Waals surface area (Å²) in [6, 6.07) is 0. The highest BCUT2D eigenvalue weighted by Crippen LogP contribution is 2.31. The summed E-state index contributed by atoms with van der Waals surface area (Å²) in [7, 11) is 2.16. The van der Waals surface area contributed by atoms with Gasteiger partial charge in [0, 0.05) is 50.2 Å². The van der Waals surface area contributed by atoms with Crippen LogP contribution in [0.25, 0.3) is 0 Å². The van der Waals surface area contributed by atoms with Gasteiger partial charge in [-0.1, -0.05) is 0 Å². The number of nitrogens with two attached hydrogens (primary N) is 1. The van der Waals surface area contributed by atoms with E-state index < -0.39 is 0 Å². The second-order valence-corrected chi connectivity index (χ2v) is 7.27. The van der Waals surface area contributed by atoms with E-state index in [4.69, 9.17) is 5.73 Å². The average molecular weight is 282 g/mol. The Labute approximate surface area is 122 Å². The summed E-state index contributed by atoms with van der Waals surface area (Å²) in [5.74, 6) is 0.106. The first kappa shape index (κ1) is 15.7. The van der Waals surface area contributed by atoms with Gasteiger partial charge < -0.3 is 16.0 Å². The van der Waals surface area contributed by atoms with E-state index >= 15 is 0 Å². The Balaban J connectivity index is 1.75. The minimum Gasteiger partial charge on any atom is -0.354 e. The minimum atomic E-state index is -0.220. The second-order valence-electron chi connectivity index (χ2n) is 7.27. The third kappa shape index (κ3) is 3.93. The lowest BCUT2D eigenvalue weighted by Crippen LogP contribution is -2.58. The van der Waals surface area contributed by atoms with Gasteiger partial charge in [0.15, 0.2) is 0 Å². The number of likely N-dealkylation sites (N-methyl/N-ethyl adjacent to an activating group) is 1. The first-order valence-electron chi connectivity index (χ1n) is 7.80. The molecule has 1 amide bonds. The van der Waals surface area contributed by atoms with Gasteiger partial charge in [0.2, 0.25) is 5.91 Å². The summed E-state index contributed by atoms with van der Waals surface area (Å²) < 4.78 is 0. The number of nitrogens with one attached hydrogen (secondary N) is 1. The number of piperazine rings is 1. The molecule has 5 heteroatoms. The standard InChI is InChI=1S/C15H30N4O/c1-14(2,19-9-7-18(3)8-10-19)12-17-13(20)11-15(16)5-4-6-15/h4-12,16H2,1-3H3,(H,17,20). The van der Waals surface area contributed by atoms with Crippen molar-refractivity contribution < 1.29 is 4.79 Å². The molecule has 116 valence electrons. The van der Waals surface area contributed by atoms with Crippen LogP contribution in [-0.2, 0) is 4.79 Å². The SMILES string of the molecule is CN1CCN(C(C)(C)CNC(=O)CC2(N)CCC2)CC1. The molecule has 1 heterocycles. The van der Waals surface area contributed by atoms with E-state index in [2.05, 4.69) is 36.0 Å². The van der Waals surface area contributed by atoms with Crippen molar-refractivity contribution in [1.29, 1.82) is 0 Å². The third-order valence-corrected chi connectivity index (χ3v) is 4.94. The normalized spacial score (nSPS) is 24.2. The lowest BCUT2D eigenvalue weighted by Gasteiger charge is -2.43. The number of hydrogen-bond acceptors (Lipinski definition) is 4. The molecule has 2 aliphatic rings. The van der Waals surface area contributed by atoms with Crippen LogP contribution in [0.3, 0.4) is 0 Å². The van der Waals surface area contributed by atoms with Gasteiger partial charge in [-0.3, -0.25) is 9.69 Å². The van der Waals surface area contributed by atoms with Gasteiger partial charge in [0.1, 0.15) is 0 Å². The number of hydrogen-bond donors (Lipinski definition) is 2. The fourth-order valence-corrected chi connectivity index (χ4v) is 3.03. The molecule has 5 nitrogen and oxygen atoms in total. The molecule has 3 N–H and O–H groups in total. The molecule has 2 fully saturated rings. The number of carbonyl (C=O) groups is 1. The summed E-state index contributed by atoms with van der Waals surface area (Å²) in [6.45, 7) is 9.46. The predicted molar refractivity (Wildman–Crippen MR) is 81.5 cm³/mol. The molecule has 0 spiro atoms. The van der Waals surface area contributed by atoms with Crippen LogP contribution in [0.1, 0.15) is 39.5 Å². The Hall–Kier alpha value is -0.650. The predicted octanol–water partition coefficient (Wildman–Crippen LogP) is 0.400. The number of carbonyl (C=O) groups excluding carboxylic acids is 1. The van der Waals surface area contributed by atoms with E-state index in [0.29, 0.717) is 13.0 Å². The first-order valence-corrected chi connectivity index (χ1v) is 7.80. The van der Waals surface area contributed by atoms with Crippen molar-refractivity contribution in [1.82, 2.24) is 15.1 Å². The summed E-state index contributed by atoms with van der Waals surface area (Å²) in [4.78, 5) is 16.8. The molecule has 0 aromatic carbocycles. The smallest absolute Gasteiger partial charge is 0.221 e. The molecule has 1 saturated heterocycles. The highest BCUT2D eigenvalue weighted by atomic mass is 16.1. The largest absolute Gasteiger partial charge is 0.354 e. The topological polar surface area (TPSA) is 61.6 Å². The maximum atomic E-state index is 12.0. The summed E-state index contributed by atoms with van der Waals surface area (Å²) >= 11 is 0. The Morgan fingerprint density at radius 2 is 1.85 bits per heavy atom. The van der Waals surface area contributed by atoms with Crippen molar-refractivity contribution in [2.24, 2.45) is 5.73 Å². The van der Waals surface area contributed by atoms with Gasteiger partial charge in [-0.05, 0) is 40.2 Å². The summed E-state index contributed by atoms with van der Waals surface area (Å²) in [6.07, 6.45) is 3.62. The molecular weight excluding hydrogens is 252 g/mol. The van der Waals surface area contributed by atoms with Crippen molar-refractivity contribution in [3.05, 3.63) is 0 Å². The molecule has 0 aromatic heterocycles. The number of nitrogens with zero attached hydrogens (tertiary/aromatic N) is 2. The van der Waals surface area contributed by atoms with Crippen LogP contribution in [-0.4, -0.2) is 66.6 Å². The molecule has 0 unspecified atom stereocenters. The van der Waals surface area contributed by atoms with Crippen molar-refractivity contribution in [3.8, 4) is 0 Å². The monoisotopic (exact) mass is 282 g/mol. The van der Waals surface area contributed by atoms with Crippen LogP contribution in [0.15, 0.2) is 0 Å². The zero-order valence-electron chi connectivity index (χ0n) is 13.2. The van der Waals surface area contributed by atoms with Crippen LogP contribution in [0, 0.1) is 0 Å². The van der Waals surface area contributed by atoms with Crippen LogP contribution in [0.5, 0.6) is 0 Å². The van der Waals surface area contributed by atoms with E-state index in [-0.39, 0.29) is 17.0 Å². The molecule has 0 radical (unpaired) electrons. The van der Waals surface area contributed by atoms with Crippen LogP contribution in [0.4, 0.5) is 0 Å². The Bertz CT molecular complexity index is 344. The molecule has 2 rings (SSSR count). The fourth-order valence-electron chi connectivity index (χ4n) is 3.03. The Morgan fingerprint density at radius 3 is 2.35 bits per heavy atom. The molecule has 1 aliphatic heterocycles. The third-order valence-electron chi connectivity index (χ3n) is 4.94.